The molecule has 0 aliphatic rings. The zero-order valence-corrected chi connectivity index (χ0v) is 10.9. The van der Waals surface area contributed by atoms with Crippen molar-refractivity contribution in [2.75, 3.05) is 0 Å². The van der Waals surface area contributed by atoms with Gasteiger partial charge in [0.25, 0.3) is 0 Å². The van der Waals surface area contributed by atoms with E-state index in [1.54, 1.807) is 30.3 Å². The van der Waals surface area contributed by atoms with Crippen molar-refractivity contribution in [1.29, 1.82) is 0 Å². The van der Waals surface area contributed by atoms with E-state index in [0.29, 0.717) is 12.0 Å². The zero-order valence-electron chi connectivity index (χ0n) is 10.9. The minimum Gasteiger partial charge on any atom is -0.479 e. The topological polar surface area (TPSA) is 66.4 Å². The second-order valence-corrected chi connectivity index (χ2v) is 5.49. The number of benzene rings is 1. The van der Waals surface area contributed by atoms with E-state index in [1.165, 1.54) is 0 Å². The Labute approximate surface area is 107 Å². The molecular formula is C14H19NO3. The molecule has 0 aromatic heterocycles. The lowest BCUT2D eigenvalue weighted by Gasteiger charge is -2.20. The summed E-state index contributed by atoms with van der Waals surface area (Å²) in [6.07, 6.45) is 0.295. The zero-order chi connectivity index (χ0) is 13.8. The summed E-state index contributed by atoms with van der Waals surface area (Å²) >= 11 is 0. The largest absolute Gasteiger partial charge is 0.479 e. The van der Waals surface area contributed by atoms with Crippen LogP contribution in [0.4, 0.5) is 0 Å². The van der Waals surface area contributed by atoms with Crippen LogP contribution in [0.25, 0.3) is 0 Å². The van der Waals surface area contributed by atoms with Crippen molar-refractivity contribution in [3.8, 4) is 0 Å². The summed E-state index contributed by atoms with van der Waals surface area (Å²) in [6, 6.07) is 7.70. The Balaban J connectivity index is 2.77. The van der Waals surface area contributed by atoms with Crippen molar-refractivity contribution in [1.82, 2.24) is 5.32 Å². The number of hydrogen-bond donors (Lipinski definition) is 2. The van der Waals surface area contributed by atoms with Crippen LogP contribution in [0, 0.1) is 5.41 Å². The monoisotopic (exact) mass is 249 g/mol. The SMILES string of the molecule is CC(C)(C)CC(=O)NC(C(=O)O)c1ccccc1. The molecule has 1 unspecified atom stereocenters. The number of carbonyl (C=O) groups is 2. The third-order valence-corrected chi connectivity index (χ3v) is 2.38. The standard InChI is InChI=1S/C14H19NO3/c1-14(2,3)9-11(16)15-12(13(17)18)10-7-5-4-6-8-10/h4-8,12H,9H2,1-3H3,(H,15,16)(H,17,18). The van der Waals surface area contributed by atoms with E-state index in [9.17, 15) is 9.59 Å². The molecule has 0 fully saturated rings. The van der Waals surface area contributed by atoms with Gasteiger partial charge in [-0.2, -0.15) is 0 Å². The highest BCUT2D eigenvalue weighted by Gasteiger charge is 2.24. The van der Waals surface area contributed by atoms with Crippen LogP contribution in [0.5, 0.6) is 0 Å². The predicted molar refractivity (Wildman–Crippen MR) is 69.0 cm³/mol. The van der Waals surface area contributed by atoms with E-state index >= 15 is 0 Å². The van der Waals surface area contributed by atoms with Gasteiger partial charge in [-0.1, -0.05) is 51.1 Å². The van der Waals surface area contributed by atoms with E-state index < -0.39 is 12.0 Å². The lowest BCUT2D eigenvalue weighted by atomic mass is 9.91. The molecule has 1 rings (SSSR count). The molecule has 0 heterocycles. The lowest BCUT2D eigenvalue weighted by molar-refractivity contribution is -0.142. The first-order chi connectivity index (χ1) is 8.29. The molecule has 2 N–H and O–H groups in total. The Bertz CT molecular complexity index is 420. The van der Waals surface area contributed by atoms with Crippen molar-refractivity contribution in [3.05, 3.63) is 35.9 Å². The van der Waals surface area contributed by atoms with Crippen molar-refractivity contribution >= 4 is 11.9 Å². The van der Waals surface area contributed by atoms with Gasteiger partial charge in [0.05, 0.1) is 0 Å². The maximum atomic E-state index is 11.8. The summed E-state index contributed by atoms with van der Waals surface area (Å²) in [5.74, 6) is -1.30. The smallest absolute Gasteiger partial charge is 0.330 e. The fraction of sp³-hybridized carbons (Fsp3) is 0.429. The van der Waals surface area contributed by atoms with E-state index in [0.717, 1.165) is 0 Å². The highest BCUT2D eigenvalue weighted by atomic mass is 16.4. The molecule has 0 saturated carbocycles. The molecule has 1 aromatic rings. The average molecular weight is 249 g/mol. The number of rotatable bonds is 4. The summed E-state index contributed by atoms with van der Waals surface area (Å²) in [5, 5.41) is 11.7. The summed E-state index contributed by atoms with van der Waals surface area (Å²) < 4.78 is 0. The van der Waals surface area contributed by atoms with Gasteiger partial charge in [0.1, 0.15) is 0 Å². The Morgan fingerprint density at radius 1 is 1.22 bits per heavy atom. The molecule has 98 valence electrons. The number of nitrogens with one attached hydrogen (secondary N) is 1. The molecule has 0 aliphatic heterocycles. The summed E-state index contributed by atoms with van der Waals surface area (Å²) in [7, 11) is 0. The van der Waals surface area contributed by atoms with Crippen molar-refractivity contribution < 1.29 is 14.7 Å². The molecule has 0 aliphatic carbocycles. The highest BCUT2D eigenvalue weighted by molar-refractivity contribution is 5.84. The number of aliphatic carboxylic acids is 1. The van der Waals surface area contributed by atoms with Crippen molar-refractivity contribution in [3.63, 3.8) is 0 Å². The molecule has 4 nitrogen and oxygen atoms in total. The van der Waals surface area contributed by atoms with Crippen LogP contribution in [0.2, 0.25) is 0 Å². The van der Waals surface area contributed by atoms with E-state index in [4.69, 9.17) is 5.11 Å². The summed E-state index contributed by atoms with van der Waals surface area (Å²) in [5.41, 5.74) is 0.413. The van der Waals surface area contributed by atoms with Crippen LogP contribution in [0.3, 0.4) is 0 Å². The lowest BCUT2D eigenvalue weighted by Crippen LogP contribution is -2.35. The summed E-state index contributed by atoms with van der Waals surface area (Å²) in [6.45, 7) is 5.81. The maximum Gasteiger partial charge on any atom is 0.330 e. The van der Waals surface area contributed by atoms with Crippen LogP contribution >= 0.6 is 0 Å². The van der Waals surface area contributed by atoms with Gasteiger partial charge in [-0.25, -0.2) is 4.79 Å². The van der Waals surface area contributed by atoms with E-state index in [-0.39, 0.29) is 11.3 Å². The van der Waals surface area contributed by atoms with Crippen molar-refractivity contribution in [2.45, 2.75) is 33.2 Å². The van der Waals surface area contributed by atoms with Crippen LogP contribution in [0.1, 0.15) is 38.8 Å². The van der Waals surface area contributed by atoms with Crippen LogP contribution in [-0.4, -0.2) is 17.0 Å². The number of amides is 1. The van der Waals surface area contributed by atoms with Crippen LogP contribution in [-0.2, 0) is 9.59 Å². The Morgan fingerprint density at radius 3 is 2.22 bits per heavy atom. The minimum atomic E-state index is -1.05. The quantitative estimate of drug-likeness (QED) is 0.860. The van der Waals surface area contributed by atoms with Gasteiger partial charge >= 0.3 is 5.97 Å². The molecule has 0 radical (unpaired) electrons. The fourth-order valence-corrected chi connectivity index (χ4v) is 1.63. The number of carbonyl (C=O) groups excluding carboxylic acids is 1. The first kappa shape index (κ1) is 14.2. The number of hydrogen-bond acceptors (Lipinski definition) is 2. The van der Waals surface area contributed by atoms with Crippen LogP contribution in [0.15, 0.2) is 30.3 Å². The van der Waals surface area contributed by atoms with Gasteiger partial charge in [0, 0.05) is 6.42 Å². The maximum absolute atomic E-state index is 11.8. The normalized spacial score (nSPS) is 12.8. The molecule has 0 bridgehead atoms. The Morgan fingerprint density at radius 2 is 1.78 bits per heavy atom. The van der Waals surface area contributed by atoms with E-state index in [2.05, 4.69) is 5.32 Å². The van der Waals surface area contributed by atoms with Crippen molar-refractivity contribution in [2.24, 2.45) is 5.41 Å². The van der Waals surface area contributed by atoms with Crippen LogP contribution < -0.4 is 5.32 Å². The molecule has 0 saturated heterocycles. The number of carboxylic acid groups (broad SMARTS) is 1. The van der Waals surface area contributed by atoms with Gasteiger partial charge in [-0.15, -0.1) is 0 Å². The molecular weight excluding hydrogens is 230 g/mol. The van der Waals surface area contributed by atoms with Gasteiger partial charge in [0.15, 0.2) is 6.04 Å². The molecule has 0 spiro atoms. The fourth-order valence-electron chi connectivity index (χ4n) is 1.63. The summed E-state index contributed by atoms with van der Waals surface area (Å²) in [4.78, 5) is 23.0. The predicted octanol–water partition coefficient (Wildman–Crippen LogP) is 2.36. The Hall–Kier alpha value is -1.84. The van der Waals surface area contributed by atoms with E-state index in [1.807, 2.05) is 20.8 Å². The minimum absolute atomic E-state index is 0.163. The Kier molecular flexibility index (Phi) is 4.48. The third kappa shape index (κ3) is 4.57. The molecule has 1 atom stereocenters. The molecule has 18 heavy (non-hydrogen) atoms. The number of carboxylic acids is 1. The highest BCUT2D eigenvalue weighted by Crippen LogP contribution is 2.19. The average Bonchev–Trinajstić information content (AvgIpc) is 2.24. The van der Waals surface area contributed by atoms with Gasteiger partial charge < -0.3 is 10.4 Å². The molecule has 1 aromatic carbocycles. The van der Waals surface area contributed by atoms with Gasteiger partial charge in [-0.3, -0.25) is 4.79 Å². The first-order valence-corrected chi connectivity index (χ1v) is 5.87. The second-order valence-electron chi connectivity index (χ2n) is 5.49. The first-order valence-electron chi connectivity index (χ1n) is 5.87. The second kappa shape index (κ2) is 5.67. The molecule has 4 heteroatoms. The van der Waals surface area contributed by atoms with Gasteiger partial charge in [-0.05, 0) is 11.0 Å². The third-order valence-electron chi connectivity index (χ3n) is 2.38. The van der Waals surface area contributed by atoms with Gasteiger partial charge in [0.2, 0.25) is 5.91 Å². The molecule has 1 amide bonds.